The monoisotopic (exact) mass is 1190 g/mol. The fourth-order valence-electron chi connectivity index (χ4n) is 9.99. The number of pyridine rings is 4. The predicted octanol–water partition coefficient (Wildman–Crippen LogP) is 7.09. The minimum atomic E-state index is -5.24. The van der Waals surface area contributed by atoms with Crippen LogP contribution in [0.3, 0.4) is 0 Å². The Balaban J connectivity index is 0.000000225. The zero-order valence-electron chi connectivity index (χ0n) is 45.9. The molecule has 0 saturated carbocycles. The molecule has 3 amide bonds. The predicted molar refractivity (Wildman–Crippen MR) is 283 cm³/mol. The number of anilines is 2. The topological polar surface area (TPSA) is 196 Å². The van der Waals surface area contributed by atoms with Crippen molar-refractivity contribution in [3.63, 3.8) is 0 Å². The number of nitrogens with one attached hydrogen (secondary N) is 3. The molecule has 17 nitrogen and oxygen atoms in total. The summed E-state index contributed by atoms with van der Waals surface area (Å²) in [4.78, 5) is 58.7. The van der Waals surface area contributed by atoms with E-state index in [1.165, 1.54) is 4.90 Å². The number of rotatable bonds is 15. The summed E-state index contributed by atoms with van der Waals surface area (Å²) in [6.07, 6.45) is -4.09. The van der Waals surface area contributed by atoms with Crippen molar-refractivity contribution in [2.75, 3.05) is 62.8 Å². The van der Waals surface area contributed by atoms with Crippen molar-refractivity contribution < 1.29 is 77.1 Å². The van der Waals surface area contributed by atoms with Gasteiger partial charge >= 0.3 is 38.3 Å². The Morgan fingerprint density at radius 1 is 0.639 bits per heavy atom. The Kier molecular flexibility index (Phi) is 23.0. The van der Waals surface area contributed by atoms with Gasteiger partial charge in [0.25, 0.3) is 5.91 Å². The first kappa shape index (κ1) is 65.8. The van der Waals surface area contributed by atoms with E-state index in [0.717, 1.165) is 30.8 Å². The van der Waals surface area contributed by atoms with Crippen LogP contribution < -0.4 is 15.8 Å². The molecule has 4 fully saturated rings. The van der Waals surface area contributed by atoms with Gasteiger partial charge in [-0.1, -0.05) is 0 Å². The fraction of sp³-hybridized carbons (Fsp3) is 0.558. The van der Waals surface area contributed by atoms with Crippen LogP contribution in [0.15, 0.2) is 61.2 Å². The molecular formula is C52H66B2F12N12O5. The normalized spacial score (nSPS) is 17.9. The lowest BCUT2D eigenvalue weighted by Crippen LogP contribution is -2.56. The lowest BCUT2D eigenvalue weighted by Gasteiger charge is -2.42. The van der Waals surface area contributed by atoms with Crippen LogP contribution in [0.1, 0.15) is 80.8 Å². The molecule has 4 aliphatic rings. The number of aromatic nitrogens is 4. The molecule has 0 atom stereocenters. The lowest BCUT2D eigenvalue weighted by atomic mass is 9.89. The molecule has 454 valence electrons. The second-order valence-corrected chi connectivity index (χ2v) is 21.2. The highest BCUT2D eigenvalue weighted by atomic mass is 19.4. The van der Waals surface area contributed by atoms with Gasteiger partial charge in [-0.2, -0.15) is 26.3 Å². The molecule has 0 bridgehead atoms. The molecule has 8 rings (SSSR count). The highest BCUT2D eigenvalue weighted by Gasteiger charge is 2.49. The molecule has 31 heteroatoms. The Morgan fingerprint density at radius 2 is 1.04 bits per heavy atom. The Labute approximate surface area is 472 Å². The van der Waals surface area contributed by atoms with E-state index in [1.807, 2.05) is 17.0 Å². The minimum Gasteiger partial charge on any atom is -0.433 e. The first-order valence-electron chi connectivity index (χ1n) is 27.0. The van der Waals surface area contributed by atoms with Gasteiger partial charge in [-0.3, -0.25) is 34.2 Å². The summed E-state index contributed by atoms with van der Waals surface area (Å²) < 4.78 is 162. The Bertz CT molecular complexity index is 2780. The van der Waals surface area contributed by atoms with Gasteiger partial charge < -0.3 is 40.5 Å². The number of amides is 3. The third-order valence-electron chi connectivity index (χ3n) is 14.5. The fourth-order valence-corrected chi connectivity index (χ4v) is 9.99. The maximum atomic E-state index is 15.8. The van der Waals surface area contributed by atoms with E-state index in [0.29, 0.717) is 104 Å². The van der Waals surface area contributed by atoms with Crippen LogP contribution in [-0.2, 0) is 40.6 Å². The van der Waals surface area contributed by atoms with Crippen LogP contribution in [0.4, 0.5) is 64.3 Å². The highest BCUT2D eigenvalue weighted by Crippen LogP contribution is 2.34. The zero-order chi connectivity index (χ0) is 60.9. The van der Waals surface area contributed by atoms with Gasteiger partial charge in [0, 0.05) is 102 Å². The number of alkyl halides is 8. The minimum absolute atomic E-state index is 0.0657. The van der Waals surface area contributed by atoms with Crippen LogP contribution in [0.25, 0.3) is 0 Å². The van der Waals surface area contributed by atoms with Gasteiger partial charge in [0.15, 0.2) is 5.67 Å². The number of nitrogens with zero attached hydrogens (tertiary/aromatic N) is 9. The summed E-state index contributed by atoms with van der Waals surface area (Å²) in [6.45, 7) is 7.62. The molecule has 0 unspecified atom stereocenters. The molecule has 4 aromatic rings. The summed E-state index contributed by atoms with van der Waals surface area (Å²) in [6, 6.07) is 6.77. The third kappa shape index (κ3) is 19.9. The van der Waals surface area contributed by atoms with E-state index in [9.17, 15) is 72.7 Å². The molecule has 0 aliphatic carbocycles. The molecule has 0 radical (unpaired) electrons. The first-order chi connectivity index (χ1) is 39.0. The van der Waals surface area contributed by atoms with Gasteiger partial charge in [-0.05, 0) is 108 Å². The maximum Gasteiger partial charge on any atom is 0.471 e. The van der Waals surface area contributed by atoms with Gasteiger partial charge in [-0.25, -0.2) is 36.3 Å². The average molecular weight is 1190 g/mol. The third-order valence-corrected chi connectivity index (χ3v) is 14.5. The molecule has 8 heterocycles. The quantitative estimate of drug-likeness (QED) is 0.0598. The van der Waals surface area contributed by atoms with Gasteiger partial charge in [0.2, 0.25) is 0 Å². The number of hydrogen-bond donors (Lipinski definition) is 5. The standard InChI is InChI=1S/C26H31BF6N6O3.C13H21BFN3O.C13H14F5N3O/c1-27(42)36-22-12-17(2-7-34-22)15-37-10-5-25(30,6-11-37)23(40)38-8-3-19(4-9-38)39(24(41)26(31,32)33)16-21-20(29)13-18(28)14-35-21;1-13(15)4-7-18(8-5-13)10-11-3-6-16-12(9-11)17-14(2)19;14-8-5-10(15)11(20-6-8)7-21(12(22)13(16,17)18)9-1-3-19-4-2-9/h2,7,12-14,19,42H,3-6,8-11,15-16H2,1H3,(H,34,36);3,6,9,19H,4-5,7-8,10H2,1-2H3,(H,16,17);5-6,9,19H,1-4,7H2. The molecular weight excluding hydrogens is 1120 g/mol. The van der Waals surface area contributed by atoms with E-state index in [1.54, 1.807) is 45.1 Å². The maximum absolute atomic E-state index is 15.8. The van der Waals surface area contributed by atoms with E-state index in [4.69, 9.17) is 0 Å². The lowest BCUT2D eigenvalue weighted by molar-refractivity contribution is -0.189. The van der Waals surface area contributed by atoms with Gasteiger partial charge in [0.05, 0.1) is 36.9 Å². The number of halogens is 12. The molecule has 5 N–H and O–H groups in total. The van der Waals surface area contributed by atoms with Crippen LogP contribution >= 0.6 is 0 Å². The number of likely N-dealkylation sites (tertiary alicyclic amines) is 3. The van der Waals surface area contributed by atoms with E-state index in [2.05, 4.69) is 40.6 Å². The largest absolute Gasteiger partial charge is 0.471 e. The smallest absolute Gasteiger partial charge is 0.433 e. The van der Waals surface area contributed by atoms with Crippen LogP contribution in [0, 0.1) is 23.3 Å². The van der Waals surface area contributed by atoms with E-state index < -0.39 is 115 Å². The Morgan fingerprint density at radius 3 is 1.42 bits per heavy atom. The highest BCUT2D eigenvalue weighted by molar-refractivity contribution is 6.53. The Hall–Kier alpha value is -6.30. The second kappa shape index (κ2) is 29.0. The van der Waals surface area contributed by atoms with Crippen molar-refractivity contribution in [3.05, 3.63) is 107 Å². The molecule has 4 saturated heterocycles. The number of carbonyl (C=O) groups is 3. The molecule has 0 aromatic carbocycles. The summed E-state index contributed by atoms with van der Waals surface area (Å²) >= 11 is 0. The van der Waals surface area contributed by atoms with Crippen LogP contribution in [0.2, 0.25) is 13.6 Å². The zero-order valence-corrected chi connectivity index (χ0v) is 45.9. The van der Waals surface area contributed by atoms with Crippen molar-refractivity contribution in [2.45, 2.75) is 134 Å². The van der Waals surface area contributed by atoms with Crippen molar-refractivity contribution in [3.8, 4) is 0 Å². The van der Waals surface area contributed by atoms with Crippen molar-refractivity contribution in [1.82, 2.24) is 49.8 Å². The molecule has 4 aromatic heterocycles. The number of carbonyl (C=O) groups excluding carboxylic acids is 3. The number of piperidine rings is 4. The molecule has 83 heavy (non-hydrogen) atoms. The van der Waals surface area contributed by atoms with Crippen LogP contribution in [-0.4, -0.2) is 174 Å². The van der Waals surface area contributed by atoms with Crippen molar-refractivity contribution in [2.24, 2.45) is 0 Å². The average Bonchev–Trinajstić information content (AvgIpc) is 3.63. The van der Waals surface area contributed by atoms with E-state index in [-0.39, 0.29) is 38.8 Å². The molecule has 0 spiro atoms. The van der Waals surface area contributed by atoms with Gasteiger partial charge in [-0.15, -0.1) is 0 Å². The van der Waals surface area contributed by atoms with Gasteiger partial charge in [0.1, 0.15) is 40.6 Å². The van der Waals surface area contributed by atoms with Crippen molar-refractivity contribution in [1.29, 1.82) is 0 Å². The first-order valence-corrected chi connectivity index (χ1v) is 27.0. The summed E-state index contributed by atoms with van der Waals surface area (Å²) in [7, 11) is -1.40. The molecule has 4 aliphatic heterocycles. The summed E-state index contributed by atoms with van der Waals surface area (Å²) in [5.74, 6) is -8.03. The summed E-state index contributed by atoms with van der Waals surface area (Å²) in [5.41, 5.74) is -2.04. The second-order valence-electron chi connectivity index (χ2n) is 21.2. The SMILES string of the molecule is CB(O)Nc1cc(CN2CCC(C)(F)CC2)ccn1.CB(O)Nc1cc(CN2CCC(F)(C(=O)N3CCC(N(Cc4ncc(F)cc4F)C(=O)C(F)(F)F)CC3)CC2)ccn1.O=C(N(Cc1ncc(F)cc1F)C1CCNCC1)C(F)(F)F. The van der Waals surface area contributed by atoms with E-state index >= 15 is 4.39 Å². The number of hydrogen-bond acceptors (Lipinski definition) is 14. The van der Waals surface area contributed by atoms with Crippen LogP contribution in [0.5, 0.6) is 0 Å². The van der Waals surface area contributed by atoms with Crippen molar-refractivity contribution >= 4 is 43.5 Å². The summed E-state index contributed by atoms with van der Waals surface area (Å²) in [5, 5.41) is 27.4.